The second kappa shape index (κ2) is 3.81. The monoisotopic (exact) mass is 183 g/mol. The fourth-order valence-corrected chi connectivity index (χ4v) is 1.41. The van der Waals surface area contributed by atoms with Gasteiger partial charge in [-0.25, -0.2) is 0 Å². The third-order valence-corrected chi connectivity index (χ3v) is 2.19. The van der Waals surface area contributed by atoms with Gasteiger partial charge in [-0.1, -0.05) is 26.0 Å². The number of nitrogens with zero attached hydrogens (tertiary/aromatic N) is 1. The van der Waals surface area contributed by atoms with E-state index in [1.54, 1.807) is 6.20 Å². The van der Waals surface area contributed by atoms with Crippen molar-refractivity contribution in [1.82, 2.24) is 0 Å². The molecule has 0 radical (unpaired) electrons. The molecule has 0 N–H and O–H groups in total. The fraction of sp³-hybridized carbons (Fsp3) is 0.444. The summed E-state index contributed by atoms with van der Waals surface area (Å²) in [6.45, 7) is 4.07. The lowest BCUT2D eigenvalue weighted by atomic mass is 10.1. The highest BCUT2D eigenvalue weighted by molar-refractivity contribution is 7.80. The molecule has 1 heterocycles. The van der Waals surface area contributed by atoms with Gasteiger partial charge in [0.1, 0.15) is 0 Å². The van der Waals surface area contributed by atoms with Crippen LogP contribution in [0.4, 0.5) is 0 Å². The zero-order chi connectivity index (χ0) is 9.14. The van der Waals surface area contributed by atoms with Crippen molar-refractivity contribution >= 4 is 12.6 Å². The van der Waals surface area contributed by atoms with E-state index < -0.39 is 0 Å². The number of hydrogen-bond donors (Lipinski definition) is 1. The van der Waals surface area contributed by atoms with Crippen LogP contribution in [0, 0.1) is 12.1 Å². The maximum absolute atomic E-state index is 11.0. The second-order valence-corrected chi connectivity index (χ2v) is 3.37. The van der Waals surface area contributed by atoms with Crippen LogP contribution in [0.2, 0.25) is 0 Å². The maximum atomic E-state index is 11.0. The Morgan fingerprint density at radius 2 is 2.25 bits per heavy atom. The third kappa shape index (κ3) is 1.91. The lowest BCUT2D eigenvalue weighted by molar-refractivity contribution is -0.645. The number of pyridine rings is 1. The van der Waals surface area contributed by atoms with E-state index in [0.29, 0.717) is 5.03 Å². The van der Waals surface area contributed by atoms with Crippen molar-refractivity contribution in [2.45, 2.75) is 31.7 Å². The van der Waals surface area contributed by atoms with Gasteiger partial charge in [0.05, 0.1) is 0 Å². The minimum absolute atomic E-state index is 0.476. The Hall–Kier alpha value is -0.700. The van der Waals surface area contributed by atoms with Gasteiger partial charge in [-0.3, -0.25) is 0 Å². The van der Waals surface area contributed by atoms with Crippen LogP contribution < -0.4 is 4.73 Å². The number of aromatic nitrogens is 1. The summed E-state index contributed by atoms with van der Waals surface area (Å²) >= 11 is 4.06. The SMILES string of the molecule is CCCc1cc(S)[n+]([O-])cc1C. The summed E-state index contributed by atoms with van der Waals surface area (Å²) in [5.41, 5.74) is 2.26. The number of hydrogen-bond acceptors (Lipinski definition) is 2. The van der Waals surface area contributed by atoms with Crippen molar-refractivity contribution < 1.29 is 4.73 Å². The number of rotatable bonds is 2. The van der Waals surface area contributed by atoms with E-state index in [9.17, 15) is 5.21 Å². The van der Waals surface area contributed by atoms with E-state index in [4.69, 9.17) is 0 Å². The summed E-state index contributed by atoms with van der Waals surface area (Å²) in [5, 5.41) is 11.5. The Labute approximate surface area is 78.2 Å². The molecule has 0 amide bonds. The quantitative estimate of drug-likeness (QED) is 0.423. The summed E-state index contributed by atoms with van der Waals surface area (Å²) < 4.78 is 0.789. The lowest BCUT2D eigenvalue weighted by Gasteiger charge is -2.05. The summed E-state index contributed by atoms with van der Waals surface area (Å²) in [4.78, 5) is 0. The van der Waals surface area contributed by atoms with Crippen molar-refractivity contribution in [2.24, 2.45) is 0 Å². The highest BCUT2D eigenvalue weighted by Crippen LogP contribution is 2.11. The molecule has 0 aliphatic heterocycles. The predicted octanol–water partition coefficient (Wildman–Crippen LogP) is 1.87. The molecule has 66 valence electrons. The van der Waals surface area contributed by atoms with E-state index in [1.807, 2.05) is 13.0 Å². The standard InChI is InChI=1S/C9H13NOS/c1-3-4-8-5-9(12)10(11)6-7(8)2/h5-6,12H,3-4H2,1-2H3. The molecule has 0 fully saturated rings. The Morgan fingerprint density at radius 3 is 2.83 bits per heavy atom. The van der Waals surface area contributed by atoms with Crippen LogP contribution in [0.3, 0.4) is 0 Å². The van der Waals surface area contributed by atoms with E-state index in [1.165, 1.54) is 5.56 Å². The summed E-state index contributed by atoms with van der Waals surface area (Å²) in [6, 6.07) is 1.84. The molecule has 0 unspecified atom stereocenters. The zero-order valence-corrected chi connectivity index (χ0v) is 8.27. The molecule has 12 heavy (non-hydrogen) atoms. The second-order valence-electron chi connectivity index (χ2n) is 2.92. The van der Waals surface area contributed by atoms with E-state index in [2.05, 4.69) is 19.6 Å². The molecule has 0 spiro atoms. The summed E-state index contributed by atoms with van der Waals surface area (Å²) in [7, 11) is 0. The first-order valence-electron chi connectivity index (χ1n) is 4.06. The highest BCUT2D eigenvalue weighted by Gasteiger charge is 2.05. The van der Waals surface area contributed by atoms with Crippen molar-refractivity contribution in [3.8, 4) is 0 Å². The van der Waals surface area contributed by atoms with E-state index >= 15 is 0 Å². The third-order valence-electron chi connectivity index (χ3n) is 1.87. The molecule has 0 aliphatic carbocycles. The van der Waals surface area contributed by atoms with Crippen molar-refractivity contribution in [3.63, 3.8) is 0 Å². The van der Waals surface area contributed by atoms with Crippen LogP contribution in [0.5, 0.6) is 0 Å². The predicted molar refractivity (Wildman–Crippen MR) is 51.4 cm³/mol. The average molecular weight is 183 g/mol. The van der Waals surface area contributed by atoms with E-state index in [-0.39, 0.29) is 0 Å². The van der Waals surface area contributed by atoms with E-state index in [0.717, 1.165) is 23.1 Å². The lowest BCUT2D eigenvalue weighted by Crippen LogP contribution is -2.28. The fourth-order valence-electron chi connectivity index (χ4n) is 1.20. The summed E-state index contributed by atoms with van der Waals surface area (Å²) in [6.07, 6.45) is 3.69. The molecule has 0 atom stereocenters. The van der Waals surface area contributed by atoms with Crippen LogP contribution >= 0.6 is 12.6 Å². The van der Waals surface area contributed by atoms with Crippen molar-refractivity contribution in [3.05, 3.63) is 28.6 Å². The molecular formula is C9H13NOS. The molecule has 1 aromatic heterocycles. The first kappa shape index (κ1) is 9.39. The molecule has 0 aliphatic rings. The van der Waals surface area contributed by atoms with Gasteiger partial charge in [0, 0.05) is 11.6 Å². The van der Waals surface area contributed by atoms with Gasteiger partial charge in [-0.15, -0.1) is 0 Å². The maximum Gasteiger partial charge on any atom is 0.248 e. The largest absolute Gasteiger partial charge is 0.618 e. The Morgan fingerprint density at radius 1 is 1.58 bits per heavy atom. The molecule has 0 aromatic carbocycles. The molecular weight excluding hydrogens is 170 g/mol. The Balaban J connectivity index is 3.05. The van der Waals surface area contributed by atoms with Gasteiger partial charge in [-0.05, 0) is 18.9 Å². The van der Waals surface area contributed by atoms with Crippen LogP contribution in [-0.2, 0) is 6.42 Å². The Bertz CT molecular complexity index is 286. The summed E-state index contributed by atoms with van der Waals surface area (Å²) in [5.74, 6) is 0. The normalized spacial score (nSPS) is 10.2. The van der Waals surface area contributed by atoms with Crippen molar-refractivity contribution in [1.29, 1.82) is 0 Å². The number of aryl methyl sites for hydroxylation is 2. The van der Waals surface area contributed by atoms with Crippen molar-refractivity contribution in [2.75, 3.05) is 0 Å². The molecule has 0 bridgehead atoms. The molecule has 1 rings (SSSR count). The van der Waals surface area contributed by atoms with Gasteiger partial charge in [-0.2, -0.15) is 4.73 Å². The highest BCUT2D eigenvalue weighted by atomic mass is 32.1. The minimum atomic E-state index is 0.476. The van der Waals surface area contributed by atoms with Crippen LogP contribution in [0.1, 0.15) is 24.5 Å². The number of thiol groups is 1. The average Bonchev–Trinajstić information content (AvgIpc) is 2.01. The smallest absolute Gasteiger partial charge is 0.248 e. The molecule has 1 aromatic rings. The molecule has 0 saturated carbocycles. The minimum Gasteiger partial charge on any atom is -0.618 e. The zero-order valence-electron chi connectivity index (χ0n) is 7.37. The van der Waals surface area contributed by atoms with Crippen LogP contribution in [-0.4, -0.2) is 0 Å². The Kier molecular flexibility index (Phi) is 2.98. The first-order valence-corrected chi connectivity index (χ1v) is 4.51. The van der Waals surface area contributed by atoms with Gasteiger partial charge in [0.2, 0.25) is 5.03 Å². The van der Waals surface area contributed by atoms with Gasteiger partial charge in [0.25, 0.3) is 0 Å². The molecule has 3 heteroatoms. The van der Waals surface area contributed by atoms with Crippen LogP contribution in [0.25, 0.3) is 0 Å². The van der Waals surface area contributed by atoms with Crippen LogP contribution in [0.15, 0.2) is 17.3 Å². The molecule has 2 nitrogen and oxygen atoms in total. The van der Waals surface area contributed by atoms with Gasteiger partial charge < -0.3 is 5.21 Å². The molecule has 0 saturated heterocycles. The topological polar surface area (TPSA) is 26.9 Å². The van der Waals surface area contributed by atoms with Gasteiger partial charge >= 0.3 is 0 Å². The first-order chi connectivity index (χ1) is 5.65. The van der Waals surface area contributed by atoms with Gasteiger partial charge in [0.15, 0.2) is 6.20 Å².